The Bertz CT molecular complexity index is 388. The summed E-state index contributed by atoms with van der Waals surface area (Å²) in [7, 11) is 0. The molecular formula is C17H28N2O. The minimum Gasteiger partial charge on any atom is -0.494 e. The number of hydrogen-bond acceptors (Lipinski definition) is 3. The van der Waals surface area contributed by atoms with Crippen LogP contribution in [-0.4, -0.2) is 30.6 Å². The summed E-state index contributed by atoms with van der Waals surface area (Å²) in [4.78, 5) is 2.62. The van der Waals surface area contributed by atoms with Crippen molar-refractivity contribution in [3.05, 3.63) is 29.8 Å². The molecule has 0 radical (unpaired) electrons. The van der Waals surface area contributed by atoms with Crippen molar-refractivity contribution >= 4 is 0 Å². The topological polar surface area (TPSA) is 38.5 Å². The van der Waals surface area contributed by atoms with E-state index in [2.05, 4.69) is 11.8 Å². The average molecular weight is 276 g/mol. The van der Waals surface area contributed by atoms with Crippen LogP contribution in [0.3, 0.4) is 0 Å². The SMILES string of the molecule is CCN(CCCOc1cccc(CN)c1)C1CCCC1. The summed E-state index contributed by atoms with van der Waals surface area (Å²) >= 11 is 0. The first-order chi connectivity index (χ1) is 9.83. The Kier molecular flexibility index (Phi) is 6.34. The summed E-state index contributed by atoms with van der Waals surface area (Å²) in [5.74, 6) is 0.942. The second-order valence-electron chi connectivity index (χ2n) is 5.62. The molecule has 0 amide bonds. The van der Waals surface area contributed by atoms with Gasteiger partial charge in [-0.1, -0.05) is 31.9 Å². The third kappa shape index (κ3) is 4.50. The Balaban J connectivity index is 1.69. The molecule has 3 nitrogen and oxygen atoms in total. The average Bonchev–Trinajstić information content (AvgIpc) is 3.01. The second-order valence-corrected chi connectivity index (χ2v) is 5.62. The van der Waals surface area contributed by atoms with E-state index in [1.54, 1.807) is 0 Å². The van der Waals surface area contributed by atoms with Crippen molar-refractivity contribution in [3.8, 4) is 5.75 Å². The molecule has 0 bridgehead atoms. The van der Waals surface area contributed by atoms with Crippen molar-refractivity contribution in [3.63, 3.8) is 0 Å². The molecule has 0 atom stereocenters. The molecule has 0 aliphatic heterocycles. The highest BCUT2D eigenvalue weighted by atomic mass is 16.5. The number of ether oxygens (including phenoxy) is 1. The van der Waals surface area contributed by atoms with Crippen molar-refractivity contribution in [1.82, 2.24) is 4.90 Å². The Morgan fingerprint density at radius 3 is 2.80 bits per heavy atom. The van der Waals surface area contributed by atoms with Gasteiger partial charge in [0.1, 0.15) is 5.75 Å². The summed E-state index contributed by atoms with van der Waals surface area (Å²) in [6, 6.07) is 8.91. The summed E-state index contributed by atoms with van der Waals surface area (Å²) in [5.41, 5.74) is 6.77. The number of benzene rings is 1. The van der Waals surface area contributed by atoms with Crippen molar-refractivity contribution in [2.24, 2.45) is 5.73 Å². The van der Waals surface area contributed by atoms with E-state index in [1.165, 1.54) is 25.7 Å². The monoisotopic (exact) mass is 276 g/mol. The zero-order chi connectivity index (χ0) is 14.2. The molecule has 1 aromatic rings. The zero-order valence-electron chi connectivity index (χ0n) is 12.7. The first-order valence-corrected chi connectivity index (χ1v) is 7.99. The predicted octanol–water partition coefficient (Wildman–Crippen LogP) is 3.18. The molecule has 1 fully saturated rings. The molecule has 3 heteroatoms. The molecular weight excluding hydrogens is 248 g/mol. The Hall–Kier alpha value is -1.06. The molecule has 20 heavy (non-hydrogen) atoms. The van der Waals surface area contributed by atoms with Gasteiger partial charge in [0.05, 0.1) is 6.61 Å². The van der Waals surface area contributed by atoms with E-state index < -0.39 is 0 Å². The van der Waals surface area contributed by atoms with E-state index in [4.69, 9.17) is 10.5 Å². The van der Waals surface area contributed by atoms with Crippen molar-refractivity contribution < 1.29 is 4.74 Å². The van der Waals surface area contributed by atoms with Gasteiger partial charge >= 0.3 is 0 Å². The van der Waals surface area contributed by atoms with Crippen LogP contribution in [0.4, 0.5) is 0 Å². The fraction of sp³-hybridized carbons (Fsp3) is 0.647. The van der Waals surface area contributed by atoms with E-state index in [9.17, 15) is 0 Å². The van der Waals surface area contributed by atoms with Crippen molar-refractivity contribution in [2.75, 3.05) is 19.7 Å². The lowest BCUT2D eigenvalue weighted by molar-refractivity contribution is 0.188. The van der Waals surface area contributed by atoms with Crippen LogP contribution in [0.1, 0.15) is 44.6 Å². The molecule has 2 rings (SSSR count). The van der Waals surface area contributed by atoms with Crippen LogP contribution in [0.5, 0.6) is 5.75 Å². The Labute approximate surface area is 123 Å². The molecule has 112 valence electrons. The van der Waals surface area contributed by atoms with E-state index in [0.29, 0.717) is 6.54 Å². The van der Waals surface area contributed by atoms with Gasteiger partial charge in [0, 0.05) is 19.1 Å². The maximum Gasteiger partial charge on any atom is 0.119 e. The lowest BCUT2D eigenvalue weighted by Gasteiger charge is -2.27. The molecule has 0 spiro atoms. The molecule has 1 aliphatic rings. The lowest BCUT2D eigenvalue weighted by Crippen LogP contribution is -2.34. The molecule has 0 aromatic heterocycles. The van der Waals surface area contributed by atoms with Gasteiger partial charge in [-0.25, -0.2) is 0 Å². The molecule has 2 N–H and O–H groups in total. The maximum atomic E-state index is 5.82. The summed E-state index contributed by atoms with van der Waals surface area (Å²) in [5, 5.41) is 0. The summed E-state index contributed by atoms with van der Waals surface area (Å²) in [6.07, 6.45) is 6.67. The van der Waals surface area contributed by atoms with Gasteiger partial charge in [-0.05, 0) is 43.5 Å². The fourth-order valence-corrected chi connectivity index (χ4v) is 3.09. The molecule has 1 saturated carbocycles. The van der Waals surface area contributed by atoms with E-state index in [1.807, 2.05) is 24.3 Å². The van der Waals surface area contributed by atoms with Gasteiger partial charge in [-0.3, -0.25) is 0 Å². The highest BCUT2D eigenvalue weighted by Crippen LogP contribution is 2.23. The van der Waals surface area contributed by atoms with Gasteiger partial charge < -0.3 is 15.4 Å². The van der Waals surface area contributed by atoms with Crippen LogP contribution in [0, 0.1) is 0 Å². The largest absolute Gasteiger partial charge is 0.494 e. The quantitative estimate of drug-likeness (QED) is 0.741. The van der Waals surface area contributed by atoms with E-state index in [-0.39, 0.29) is 0 Å². The van der Waals surface area contributed by atoms with Gasteiger partial charge in [-0.2, -0.15) is 0 Å². The third-order valence-corrected chi connectivity index (χ3v) is 4.24. The third-order valence-electron chi connectivity index (χ3n) is 4.24. The van der Waals surface area contributed by atoms with Crippen LogP contribution < -0.4 is 10.5 Å². The molecule has 0 heterocycles. The highest BCUT2D eigenvalue weighted by Gasteiger charge is 2.20. The van der Waals surface area contributed by atoms with Gasteiger partial charge in [0.2, 0.25) is 0 Å². The Morgan fingerprint density at radius 2 is 2.10 bits per heavy atom. The number of nitrogens with two attached hydrogens (primary N) is 1. The number of rotatable bonds is 8. The minimum atomic E-state index is 0.572. The molecule has 1 aromatic carbocycles. The molecule has 0 saturated heterocycles. The number of nitrogens with zero attached hydrogens (tertiary/aromatic N) is 1. The van der Waals surface area contributed by atoms with Crippen LogP contribution >= 0.6 is 0 Å². The van der Waals surface area contributed by atoms with Gasteiger partial charge in [0.15, 0.2) is 0 Å². The molecule has 1 aliphatic carbocycles. The summed E-state index contributed by atoms with van der Waals surface area (Å²) in [6.45, 7) is 5.94. The smallest absolute Gasteiger partial charge is 0.119 e. The lowest BCUT2D eigenvalue weighted by atomic mass is 10.2. The standard InChI is InChI=1S/C17H28N2O/c1-2-19(16-8-3-4-9-16)11-6-12-20-17-10-5-7-15(13-17)14-18/h5,7,10,13,16H,2-4,6,8-9,11-12,14,18H2,1H3. The van der Waals surface area contributed by atoms with Gasteiger partial charge in [-0.15, -0.1) is 0 Å². The number of hydrogen-bond donors (Lipinski definition) is 1. The predicted molar refractivity (Wildman–Crippen MR) is 83.9 cm³/mol. The van der Waals surface area contributed by atoms with Crippen LogP contribution in [0.2, 0.25) is 0 Å². The Morgan fingerprint density at radius 1 is 1.30 bits per heavy atom. The van der Waals surface area contributed by atoms with E-state index >= 15 is 0 Å². The van der Waals surface area contributed by atoms with Crippen LogP contribution in [0.25, 0.3) is 0 Å². The first-order valence-electron chi connectivity index (χ1n) is 7.99. The highest BCUT2D eigenvalue weighted by molar-refractivity contribution is 5.28. The van der Waals surface area contributed by atoms with Crippen LogP contribution in [0.15, 0.2) is 24.3 Å². The second kappa shape index (κ2) is 8.28. The van der Waals surface area contributed by atoms with Crippen molar-refractivity contribution in [2.45, 2.75) is 51.6 Å². The minimum absolute atomic E-state index is 0.572. The van der Waals surface area contributed by atoms with Gasteiger partial charge in [0.25, 0.3) is 0 Å². The molecule has 0 unspecified atom stereocenters. The normalized spacial score (nSPS) is 15.9. The van der Waals surface area contributed by atoms with Crippen LogP contribution in [-0.2, 0) is 6.54 Å². The summed E-state index contributed by atoms with van der Waals surface area (Å²) < 4.78 is 5.82. The zero-order valence-corrected chi connectivity index (χ0v) is 12.7. The fourth-order valence-electron chi connectivity index (χ4n) is 3.09. The first kappa shape index (κ1) is 15.3. The van der Waals surface area contributed by atoms with Crippen molar-refractivity contribution in [1.29, 1.82) is 0 Å². The van der Waals surface area contributed by atoms with E-state index in [0.717, 1.165) is 43.5 Å². The maximum absolute atomic E-state index is 5.82.